The minimum Gasteiger partial charge on any atom is -0.326 e. The van der Waals surface area contributed by atoms with Gasteiger partial charge in [-0.05, 0) is 24.0 Å². The Labute approximate surface area is 123 Å². The fourth-order valence-electron chi connectivity index (χ4n) is 1.89. The Hall–Kier alpha value is -0.330. The summed E-state index contributed by atoms with van der Waals surface area (Å²) in [5, 5.41) is 0.471. The van der Waals surface area contributed by atoms with Gasteiger partial charge in [0.25, 0.3) is 0 Å². The van der Waals surface area contributed by atoms with Crippen molar-refractivity contribution in [3.63, 3.8) is 0 Å². The molecule has 1 atom stereocenters. The van der Waals surface area contributed by atoms with Crippen LogP contribution in [0.5, 0.6) is 0 Å². The van der Waals surface area contributed by atoms with Crippen LogP contribution in [0.1, 0.15) is 25.8 Å². The summed E-state index contributed by atoms with van der Waals surface area (Å²) in [6, 6.07) is 2.86. The molecule has 106 valence electrons. The maximum atomic E-state index is 12.3. The van der Waals surface area contributed by atoms with Crippen molar-refractivity contribution in [3.05, 3.63) is 27.7 Å². The predicted molar refractivity (Wildman–Crippen MR) is 76.9 cm³/mol. The highest BCUT2D eigenvalue weighted by molar-refractivity contribution is 7.89. The third kappa shape index (κ3) is 2.90. The molecule has 0 bridgehead atoms. The molecule has 19 heavy (non-hydrogen) atoms. The fraction of sp³-hybridized carbons (Fsp3) is 0.500. The van der Waals surface area contributed by atoms with Gasteiger partial charge in [-0.3, -0.25) is 0 Å². The Morgan fingerprint density at radius 1 is 1.42 bits per heavy atom. The van der Waals surface area contributed by atoms with Gasteiger partial charge in [0.2, 0.25) is 10.0 Å². The molecule has 4 nitrogen and oxygen atoms in total. The first-order valence-corrected chi connectivity index (χ1v) is 8.12. The molecule has 1 unspecified atom stereocenters. The van der Waals surface area contributed by atoms with E-state index >= 15 is 0 Å². The van der Waals surface area contributed by atoms with Crippen molar-refractivity contribution in [1.29, 1.82) is 0 Å². The molecule has 0 heterocycles. The van der Waals surface area contributed by atoms with Gasteiger partial charge in [0.05, 0.1) is 5.02 Å². The van der Waals surface area contributed by atoms with Gasteiger partial charge in [0.15, 0.2) is 0 Å². The number of hydrogen-bond acceptors (Lipinski definition) is 3. The number of halogens is 2. The lowest BCUT2D eigenvalue weighted by Crippen LogP contribution is -2.29. The minimum absolute atomic E-state index is 0.00265. The van der Waals surface area contributed by atoms with Gasteiger partial charge < -0.3 is 5.73 Å². The number of hydrogen-bond donors (Lipinski definition) is 2. The Balaban J connectivity index is 2.36. The molecular formula is C12H16Cl2N2O2S. The van der Waals surface area contributed by atoms with Crippen LogP contribution in [0, 0.1) is 5.41 Å². The van der Waals surface area contributed by atoms with Crippen molar-refractivity contribution >= 4 is 33.2 Å². The van der Waals surface area contributed by atoms with Gasteiger partial charge in [-0.2, -0.15) is 0 Å². The second-order valence-electron chi connectivity index (χ2n) is 5.41. The monoisotopic (exact) mass is 322 g/mol. The summed E-state index contributed by atoms with van der Waals surface area (Å²) >= 11 is 12.0. The number of sulfonamides is 1. The standard InChI is InChI=1S/C12H16Cl2N2O2S/c1-12(2)5-10(12)16-19(17,18)9-4-3-8(13)7(6-15)11(9)14/h3-4,10,16H,5-6,15H2,1-2H3. The van der Waals surface area contributed by atoms with Gasteiger partial charge in [-0.25, -0.2) is 13.1 Å². The van der Waals surface area contributed by atoms with E-state index in [1.54, 1.807) is 0 Å². The molecule has 0 spiro atoms. The van der Waals surface area contributed by atoms with Crippen LogP contribution in [0.25, 0.3) is 0 Å². The molecule has 0 aromatic heterocycles. The van der Waals surface area contributed by atoms with Gasteiger partial charge in [0, 0.05) is 23.2 Å². The zero-order chi connectivity index (χ0) is 14.4. The predicted octanol–water partition coefficient (Wildman–Crippen LogP) is 2.53. The summed E-state index contributed by atoms with van der Waals surface area (Å²) in [6.07, 6.45) is 0.821. The van der Waals surface area contributed by atoms with E-state index in [0.717, 1.165) is 6.42 Å². The van der Waals surface area contributed by atoms with E-state index in [-0.39, 0.29) is 27.9 Å². The molecule has 0 aliphatic heterocycles. The normalized spacial score (nSPS) is 21.4. The molecule has 0 amide bonds. The van der Waals surface area contributed by atoms with Crippen molar-refractivity contribution in [3.8, 4) is 0 Å². The van der Waals surface area contributed by atoms with Gasteiger partial charge >= 0.3 is 0 Å². The molecule has 1 aromatic carbocycles. The molecule has 1 saturated carbocycles. The minimum atomic E-state index is -3.64. The summed E-state index contributed by atoms with van der Waals surface area (Å²) < 4.78 is 27.2. The van der Waals surface area contributed by atoms with Crippen molar-refractivity contribution in [2.45, 2.75) is 37.8 Å². The third-order valence-corrected chi connectivity index (χ3v) is 5.87. The molecule has 0 radical (unpaired) electrons. The van der Waals surface area contributed by atoms with E-state index in [0.29, 0.717) is 10.6 Å². The number of nitrogens with one attached hydrogen (secondary N) is 1. The third-order valence-electron chi connectivity index (χ3n) is 3.46. The average Bonchev–Trinajstić information content (AvgIpc) is 2.84. The topological polar surface area (TPSA) is 72.2 Å². The highest BCUT2D eigenvalue weighted by Crippen LogP contribution is 2.45. The van der Waals surface area contributed by atoms with Crippen molar-refractivity contribution in [2.75, 3.05) is 0 Å². The summed E-state index contributed by atoms with van der Waals surface area (Å²) in [7, 11) is -3.64. The van der Waals surface area contributed by atoms with Crippen LogP contribution in [-0.4, -0.2) is 14.5 Å². The maximum Gasteiger partial charge on any atom is 0.242 e. The Bertz CT molecular complexity index is 614. The van der Waals surface area contributed by atoms with Crippen molar-refractivity contribution in [1.82, 2.24) is 4.72 Å². The summed E-state index contributed by atoms with van der Waals surface area (Å²) in [4.78, 5) is 0.0294. The number of nitrogens with two attached hydrogens (primary N) is 1. The molecule has 7 heteroatoms. The quantitative estimate of drug-likeness (QED) is 0.894. The largest absolute Gasteiger partial charge is 0.326 e. The first-order valence-electron chi connectivity index (χ1n) is 5.88. The molecule has 1 aromatic rings. The number of rotatable bonds is 4. The first-order chi connectivity index (χ1) is 8.69. The molecule has 1 fully saturated rings. The average molecular weight is 323 g/mol. The van der Waals surface area contributed by atoms with Crippen molar-refractivity contribution < 1.29 is 8.42 Å². The van der Waals surface area contributed by atoms with Crippen LogP contribution in [-0.2, 0) is 16.6 Å². The van der Waals surface area contributed by atoms with E-state index in [2.05, 4.69) is 4.72 Å². The summed E-state index contributed by atoms with van der Waals surface area (Å²) in [5.74, 6) is 0. The lowest BCUT2D eigenvalue weighted by atomic mass is 10.2. The molecule has 1 aliphatic rings. The van der Waals surface area contributed by atoms with Crippen LogP contribution in [0.2, 0.25) is 10.0 Å². The van der Waals surface area contributed by atoms with E-state index in [4.69, 9.17) is 28.9 Å². The maximum absolute atomic E-state index is 12.3. The number of benzene rings is 1. The second-order valence-corrected chi connectivity index (χ2v) is 7.88. The Morgan fingerprint density at radius 3 is 2.47 bits per heavy atom. The summed E-state index contributed by atoms with van der Waals surface area (Å²) in [6.45, 7) is 4.11. The van der Waals surface area contributed by atoms with Crippen LogP contribution in [0.15, 0.2) is 17.0 Å². The molecular weight excluding hydrogens is 307 g/mol. The van der Waals surface area contributed by atoms with Crippen molar-refractivity contribution in [2.24, 2.45) is 11.1 Å². The highest BCUT2D eigenvalue weighted by atomic mass is 35.5. The fourth-order valence-corrected chi connectivity index (χ4v) is 4.23. The van der Waals surface area contributed by atoms with Crippen LogP contribution in [0.4, 0.5) is 0 Å². The smallest absolute Gasteiger partial charge is 0.242 e. The second kappa shape index (κ2) is 4.90. The van der Waals surface area contributed by atoms with E-state index in [1.807, 2.05) is 13.8 Å². The van der Waals surface area contributed by atoms with Crippen LogP contribution >= 0.6 is 23.2 Å². The molecule has 2 rings (SSSR count). The zero-order valence-corrected chi connectivity index (χ0v) is 13.0. The summed E-state index contributed by atoms with van der Waals surface area (Å²) in [5.41, 5.74) is 5.98. The SMILES string of the molecule is CC1(C)CC1NS(=O)(=O)c1ccc(Cl)c(CN)c1Cl. The van der Waals surface area contributed by atoms with E-state index < -0.39 is 10.0 Å². The van der Waals surface area contributed by atoms with Crippen LogP contribution < -0.4 is 10.5 Å². The molecule has 3 N–H and O–H groups in total. The van der Waals surface area contributed by atoms with Gasteiger partial charge in [0.1, 0.15) is 4.90 Å². The van der Waals surface area contributed by atoms with E-state index in [1.165, 1.54) is 12.1 Å². The Kier molecular flexibility index (Phi) is 3.88. The van der Waals surface area contributed by atoms with Gasteiger partial charge in [-0.15, -0.1) is 0 Å². The Morgan fingerprint density at radius 2 is 2.00 bits per heavy atom. The lowest BCUT2D eigenvalue weighted by molar-refractivity contribution is 0.555. The highest BCUT2D eigenvalue weighted by Gasteiger charge is 2.48. The lowest BCUT2D eigenvalue weighted by Gasteiger charge is -2.12. The molecule has 0 saturated heterocycles. The zero-order valence-electron chi connectivity index (χ0n) is 10.7. The molecule has 1 aliphatic carbocycles. The van der Waals surface area contributed by atoms with Gasteiger partial charge in [-0.1, -0.05) is 37.0 Å². The van der Waals surface area contributed by atoms with Crippen LogP contribution in [0.3, 0.4) is 0 Å². The van der Waals surface area contributed by atoms with E-state index in [9.17, 15) is 8.42 Å². The first kappa shape index (κ1) is 15.1.